The Hall–Kier alpha value is -1.90. The van der Waals surface area contributed by atoms with Crippen LogP contribution in [0.5, 0.6) is 0 Å². The summed E-state index contributed by atoms with van der Waals surface area (Å²) in [6.07, 6.45) is 3.52. The third kappa shape index (κ3) is 2.07. The molecule has 0 spiro atoms. The first kappa shape index (κ1) is 13.1. The van der Waals surface area contributed by atoms with Gasteiger partial charge in [-0.3, -0.25) is 4.98 Å². The lowest BCUT2D eigenvalue weighted by atomic mass is 9.85. The van der Waals surface area contributed by atoms with Gasteiger partial charge in [-0.2, -0.15) is 0 Å². The van der Waals surface area contributed by atoms with E-state index in [4.69, 9.17) is 11.6 Å². The quantitative estimate of drug-likeness (QED) is 0.766. The van der Waals surface area contributed by atoms with Gasteiger partial charge in [-0.25, -0.2) is 0 Å². The van der Waals surface area contributed by atoms with Crippen LogP contribution in [0.15, 0.2) is 60.9 Å². The SMILES string of the molecule is CC(O)(c1ccccc1Cl)c1cccc2cnccc12. The minimum Gasteiger partial charge on any atom is -0.381 e. The predicted molar refractivity (Wildman–Crippen MR) is 81.9 cm³/mol. The number of hydrogen-bond donors (Lipinski definition) is 1. The molecule has 0 aliphatic carbocycles. The topological polar surface area (TPSA) is 33.1 Å². The number of aliphatic hydroxyl groups is 1. The highest BCUT2D eigenvalue weighted by Gasteiger charge is 2.29. The molecule has 1 unspecified atom stereocenters. The molecule has 1 N–H and O–H groups in total. The maximum atomic E-state index is 11.0. The molecule has 3 heteroatoms. The van der Waals surface area contributed by atoms with Crippen LogP contribution in [-0.2, 0) is 5.60 Å². The van der Waals surface area contributed by atoms with E-state index in [2.05, 4.69) is 4.98 Å². The molecular formula is C17H14ClNO. The van der Waals surface area contributed by atoms with Gasteiger partial charge in [0.05, 0.1) is 0 Å². The van der Waals surface area contributed by atoms with Crippen molar-refractivity contribution in [1.29, 1.82) is 0 Å². The van der Waals surface area contributed by atoms with Gasteiger partial charge in [0.2, 0.25) is 0 Å². The molecule has 0 bridgehead atoms. The maximum absolute atomic E-state index is 11.0. The Morgan fingerprint density at radius 3 is 2.55 bits per heavy atom. The van der Waals surface area contributed by atoms with Crippen LogP contribution >= 0.6 is 11.6 Å². The van der Waals surface area contributed by atoms with Gasteiger partial charge in [0.1, 0.15) is 5.60 Å². The molecule has 2 nitrogen and oxygen atoms in total. The molecule has 1 atom stereocenters. The summed E-state index contributed by atoms with van der Waals surface area (Å²) < 4.78 is 0. The number of benzene rings is 2. The Kier molecular flexibility index (Phi) is 3.20. The first-order valence-corrected chi connectivity index (χ1v) is 6.79. The lowest BCUT2D eigenvalue weighted by Crippen LogP contribution is -2.23. The maximum Gasteiger partial charge on any atom is 0.114 e. The van der Waals surface area contributed by atoms with E-state index >= 15 is 0 Å². The van der Waals surface area contributed by atoms with E-state index in [1.807, 2.05) is 42.5 Å². The Morgan fingerprint density at radius 1 is 1.00 bits per heavy atom. The molecule has 2 aromatic carbocycles. The van der Waals surface area contributed by atoms with Crippen LogP contribution in [0.25, 0.3) is 10.8 Å². The molecule has 0 saturated carbocycles. The average Bonchev–Trinajstić information content (AvgIpc) is 2.47. The normalized spacial score (nSPS) is 14.2. The zero-order valence-corrected chi connectivity index (χ0v) is 11.8. The molecule has 1 aromatic heterocycles. The standard InChI is InChI=1S/C17H14ClNO/c1-17(20,15-6-2-3-8-16(15)18)14-7-4-5-12-11-19-10-9-13(12)14/h2-11,20H,1H3. The van der Waals surface area contributed by atoms with Gasteiger partial charge in [0.25, 0.3) is 0 Å². The lowest BCUT2D eigenvalue weighted by molar-refractivity contribution is 0.104. The monoisotopic (exact) mass is 283 g/mol. The Labute approximate surface area is 122 Å². The Bertz CT molecular complexity index is 762. The van der Waals surface area contributed by atoms with Crippen molar-refractivity contribution in [2.75, 3.05) is 0 Å². The summed E-state index contributed by atoms with van der Waals surface area (Å²) in [7, 11) is 0. The van der Waals surface area contributed by atoms with Crippen molar-refractivity contribution in [1.82, 2.24) is 4.98 Å². The van der Waals surface area contributed by atoms with Crippen molar-refractivity contribution in [2.45, 2.75) is 12.5 Å². The molecule has 3 aromatic rings. The highest BCUT2D eigenvalue weighted by atomic mass is 35.5. The molecular weight excluding hydrogens is 270 g/mol. The number of nitrogens with zero attached hydrogens (tertiary/aromatic N) is 1. The zero-order valence-electron chi connectivity index (χ0n) is 11.0. The fourth-order valence-electron chi connectivity index (χ4n) is 2.55. The first-order valence-electron chi connectivity index (χ1n) is 6.41. The lowest BCUT2D eigenvalue weighted by Gasteiger charge is -2.27. The molecule has 0 radical (unpaired) electrons. The summed E-state index contributed by atoms with van der Waals surface area (Å²) >= 11 is 6.24. The summed E-state index contributed by atoms with van der Waals surface area (Å²) in [4.78, 5) is 4.12. The molecule has 3 rings (SSSR count). The Balaban J connectivity index is 2.27. The molecule has 0 amide bonds. The second kappa shape index (κ2) is 4.89. The van der Waals surface area contributed by atoms with Gasteiger partial charge in [0.15, 0.2) is 0 Å². The van der Waals surface area contributed by atoms with E-state index in [1.54, 1.807) is 25.4 Å². The van der Waals surface area contributed by atoms with Crippen molar-refractivity contribution < 1.29 is 5.11 Å². The summed E-state index contributed by atoms with van der Waals surface area (Å²) in [5.74, 6) is 0. The first-order chi connectivity index (χ1) is 9.60. The van der Waals surface area contributed by atoms with E-state index in [0.717, 1.165) is 16.3 Å². The van der Waals surface area contributed by atoms with Gasteiger partial charge < -0.3 is 5.11 Å². The van der Waals surface area contributed by atoms with Crippen LogP contribution in [-0.4, -0.2) is 10.1 Å². The van der Waals surface area contributed by atoms with Crippen molar-refractivity contribution in [3.8, 4) is 0 Å². The molecule has 1 heterocycles. The van der Waals surface area contributed by atoms with Crippen LogP contribution < -0.4 is 0 Å². The number of rotatable bonds is 2. The smallest absolute Gasteiger partial charge is 0.114 e. The van der Waals surface area contributed by atoms with Gasteiger partial charge in [-0.05, 0) is 30.0 Å². The van der Waals surface area contributed by atoms with Crippen LogP contribution in [0.2, 0.25) is 5.02 Å². The zero-order chi connectivity index (χ0) is 14.2. The predicted octanol–water partition coefficient (Wildman–Crippen LogP) is 4.14. The van der Waals surface area contributed by atoms with Crippen LogP contribution in [0.4, 0.5) is 0 Å². The van der Waals surface area contributed by atoms with Gasteiger partial charge in [-0.1, -0.05) is 48.0 Å². The average molecular weight is 284 g/mol. The summed E-state index contributed by atoms with van der Waals surface area (Å²) in [6.45, 7) is 1.77. The third-order valence-corrected chi connectivity index (χ3v) is 3.93. The third-order valence-electron chi connectivity index (χ3n) is 3.60. The largest absolute Gasteiger partial charge is 0.381 e. The number of fused-ring (bicyclic) bond motifs is 1. The van der Waals surface area contributed by atoms with Gasteiger partial charge in [0, 0.05) is 28.4 Å². The van der Waals surface area contributed by atoms with Crippen molar-refractivity contribution in [3.05, 3.63) is 77.1 Å². The van der Waals surface area contributed by atoms with Crippen molar-refractivity contribution in [2.24, 2.45) is 0 Å². The van der Waals surface area contributed by atoms with Crippen molar-refractivity contribution in [3.63, 3.8) is 0 Å². The van der Waals surface area contributed by atoms with E-state index in [1.165, 1.54) is 0 Å². The molecule has 0 aliphatic heterocycles. The Morgan fingerprint density at radius 2 is 1.75 bits per heavy atom. The molecule has 100 valence electrons. The number of aromatic nitrogens is 1. The van der Waals surface area contributed by atoms with E-state index in [0.29, 0.717) is 10.6 Å². The highest BCUT2D eigenvalue weighted by Crippen LogP contribution is 2.36. The summed E-state index contributed by atoms with van der Waals surface area (Å²) in [6, 6.07) is 15.1. The van der Waals surface area contributed by atoms with E-state index in [9.17, 15) is 5.11 Å². The summed E-state index contributed by atoms with van der Waals surface area (Å²) in [5.41, 5.74) is 0.371. The molecule has 0 fully saturated rings. The minimum absolute atomic E-state index is 0.559. The fraction of sp³-hybridized carbons (Fsp3) is 0.118. The van der Waals surface area contributed by atoms with Crippen molar-refractivity contribution >= 4 is 22.4 Å². The fourth-order valence-corrected chi connectivity index (χ4v) is 2.87. The molecule has 20 heavy (non-hydrogen) atoms. The summed E-state index contributed by atoms with van der Waals surface area (Å²) in [5, 5.41) is 13.6. The van der Waals surface area contributed by atoms with Crippen LogP contribution in [0, 0.1) is 0 Å². The van der Waals surface area contributed by atoms with E-state index < -0.39 is 5.60 Å². The highest BCUT2D eigenvalue weighted by molar-refractivity contribution is 6.31. The second-order valence-electron chi connectivity index (χ2n) is 4.95. The number of halogens is 1. The number of hydrogen-bond acceptors (Lipinski definition) is 2. The van der Waals surface area contributed by atoms with Gasteiger partial charge in [-0.15, -0.1) is 0 Å². The van der Waals surface area contributed by atoms with E-state index in [-0.39, 0.29) is 0 Å². The van der Waals surface area contributed by atoms with Gasteiger partial charge >= 0.3 is 0 Å². The van der Waals surface area contributed by atoms with Crippen LogP contribution in [0.1, 0.15) is 18.1 Å². The number of pyridine rings is 1. The second-order valence-corrected chi connectivity index (χ2v) is 5.36. The molecule has 0 saturated heterocycles. The van der Waals surface area contributed by atoms with Crippen LogP contribution in [0.3, 0.4) is 0 Å². The minimum atomic E-state index is -1.15. The molecule has 0 aliphatic rings.